The van der Waals surface area contributed by atoms with E-state index in [1.807, 2.05) is 0 Å². The summed E-state index contributed by atoms with van der Waals surface area (Å²) >= 11 is 11.8. The maximum atomic E-state index is 12.3. The second kappa shape index (κ2) is 5.52. The fourth-order valence-corrected chi connectivity index (χ4v) is 3.48. The first-order chi connectivity index (χ1) is 9.31. The summed E-state index contributed by atoms with van der Waals surface area (Å²) in [6.45, 7) is 1.73. The number of sulfonamides is 1. The van der Waals surface area contributed by atoms with E-state index in [2.05, 4.69) is 4.72 Å². The molecule has 2 aromatic rings. The molecule has 106 valence electrons. The minimum atomic E-state index is -3.78. The number of hydrogen-bond acceptors (Lipinski definition) is 3. The summed E-state index contributed by atoms with van der Waals surface area (Å²) in [6, 6.07) is 9.28. The van der Waals surface area contributed by atoms with Crippen molar-refractivity contribution in [2.24, 2.45) is 0 Å². The van der Waals surface area contributed by atoms with Gasteiger partial charge in [0.25, 0.3) is 10.0 Å². The normalized spacial score (nSPS) is 11.3. The van der Waals surface area contributed by atoms with Crippen LogP contribution in [0.5, 0.6) is 0 Å². The Bertz CT molecular complexity index is 761. The number of rotatable bonds is 3. The monoisotopic (exact) mass is 330 g/mol. The van der Waals surface area contributed by atoms with Crippen molar-refractivity contribution in [1.29, 1.82) is 0 Å². The molecule has 20 heavy (non-hydrogen) atoms. The molecule has 0 aliphatic carbocycles. The van der Waals surface area contributed by atoms with Gasteiger partial charge in [-0.15, -0.1) is 0 Å². The van der Waals surface area contributed by atoms with Crippen LogP contribution < -0.4 is 10.5 Å². The van der Waals surface area contributed by atoms with Crippen LogP contribution in [-0.4, -0.2) is 8.42 Å². The van der Waals surface area contributed by atoms with Crippen molar-refractivity contribution in [1.82, 2.24) is 0 Å². The van der Waals surface area contributed by atoms with Gasteiger partial charge in [-0.05, 0) is 36.8 Å². The van der Waals surface area contributed by atoms with Gasteiger partial charge in [-0.1, -0.05) is 35.3 Å². The van der Waals surface area contributed by atoms with Crippen molar-refractivity contribution >= 4 is 44.6 Å². The van der Waals surface area contributed by atoms with Gasteiger partial charge < -0.3 is 5.73 Å². The van der Waals surface area contributed by atoms with Crippen LogP contribution in [0, 0.1) is 6.92 Å². The van der Waals surface area contributed by atoms with E-state index in [1.54, 1.807) is 25.1 Å². The molecule has 7 heteroatoms. The lowest BCUT2D eigenvalue weighted by Gasteiger charge is -2.13. The molecular formula is C13H12Cl2N2O2S. The summed E-state index contributed by atoms with van der Waals surface area (Å²) in [5.41, 5.74) is 7.09. The molecule has 0 fully saturated rings. The number of nitrogen functional groups attached to an aromatic ring is 1. The maximum absolute atomic E-state index is 12.3. The van der Waals surface area contributed by atoms with Crippen molar-refractivity contribution in [3.8, 4) is 0 Å². The lowest BCUT2D eigenvalue weighted by atomic mass is 10.2. The molecule has 0 unspecified atom stereocenters. The third-order valence-corrected chi connectivity index (χ3v) is 4.91. The molecule has 0 aliphatic heterocycles. The summed E-state index contributed by atoms with van der Waals surface area (Å²) in [4.78, 5) is 0.00835. The highest BCUT2D eigenvalue weighted by molar-refractivity contribution is 7.92. The van der Waals surface area contributed by atoms with Gasteiger partial charge >= 0.3 is 0 Å². The zero-order valence-corrected chi connectivity index (χ0v) is 12.9. The van der Waals surface area contributed by atoms with Gasteiger partial charge in [-0.2, -0.15) is 0 Å². The van der Waals surface area contributed by atoms with E-state index in [4.69, 9.17) is 28.9 Å². The molecule has 0 saturated carbocycles. The number of hydrogen-bond donors (Lipinski definition) is 2. The number of anilines is 2. The van der Waals surface area contributed by atoms with Gasteiger partial charge in [0.1, 0.15) is 4.90 Å². The third-order valence-electron chi connectivity index (χ3n) is 2.71. The highest BCUT2D eigenvalue weighted by Crippen LogP contribution is 2.29. The number of benzene rings is 2. The first kappa shape index (κ1) is 15.0. The summed E-state index contributed by atoms with van der Waals surface area (Å²) < 4.78 is 27.1. The molecule has 0 saturated heterocycles. The quantitative estimate of drug-likeness (QED) is 0.843. The second-order valence-electron chi connectivity index (χ2n) is 4.22. The van der Waals surface area contributed by atoms with Crippen molar-refractivity contribution in [2.45, 2.75) is 11.8 Å². The van der Waals surface area contributed by atoms with E-state index in [9.17, 15) is 8.42 Å². The van der Waals surface area contributed by atoms with Gasteiger partial charge in [0.15, 0.2) is 0 Å². The van der Waals surface area contributed by atoms with Crippen LogP contribution in [0.1, 0.15) is 5.56 Å². The number of nitrogens with one attached hydrogen (secondary N) is 1. The van der Waals surface area contributed by atoms with Crippen LogP contribution >= 0.6 is 23.2 Å². The maximum Gasteiger partial charge on any atom is 0.263 e. The van der Waals surface area contributed by atoms with Crippen molar-refractivity contribution in [3.63, 3.8) is 0 Å². The molecule has 4 nitrogen and oxygen atoms in total. The van der Waals surface area contributed by atoms with E-state index in [-0.39, 0.29) is 14.9 Å². The van der Waals surface area contributed by atoms with Crippen molar-refractivity contribution in [2.75, 3.05) is 10.5 Å². The Morgan fingerprint density at radius 1 is 1.10 bits per heavy atom. The van der Waals surface area contributed by atoms with Crippen LogP contribution in [0.2, 0.25) is 10.0 Å². The fourth-order valence-electron chi connectivity index (χ4n) is 1.68. The molecule has 3 N–H and O–H groups in total. The standard InChI is InChI=1S/C13H12Cl2N2O2S/c1-8-6-11(16)10(15)7-12(8)17-20(18,19)13-5-3-2-4-9(13)14/h2-7,17H,16H2,1H3. The van der Waals surface area contributed by atoms with Crippen LogP contribution in [0.4, 0.5) is 11.4 Å². The number of nitrogens with two attached hydrogens (primary N) is 1. The largest absolute Gasteiger partial charge is 0.398 e. The van der Waals surface area contributed by atoms with Crippen LogP contribution in [-0.2, 0) is 10.0 Å². The van der Waals surface area contributed by atoms with Gasteiger partial charge in [-0.25, -0.2) is 8.42 Å². The van der Waals surface area contributed by atoms with E-state index in [0.717, 1.165) is 0 Å². The number of halogens is 2. The molecule has 2 rings (SSSR count). The SMILES string of the molecule is Cc1cc(N)c(Cl)cc1NS(=O)(=O)c1ccccc1Cl. The number of aryl methyl sites for hydroxylation is 1. The molecule has 0 atom stereocenters. The molecule has 0 bridgehead atoms. The Hall–Kier alpha value is -1.43. The first-order valence-electron chi connectivity index (χ1n) is 5.64. The summed E-state index contributed by atoms with van der Waals surface area (Å²) in [6.07, 6.45) is 0. The summed E-state index contributed by atoms with van der Waals surface area (Å²) in [7, 11) is -3.78. The zero-order chi connectivity index (χ0) is 14.9. The topological polar surface area (TPSA) is 72.2 Å². The minimum absolute atomic E-state index is 0.00835. The predicted octanol–water partition coefficient (Wildman–Crippen LogP) is 3.68. The highest BCUT2D eigenvalue weighted by Gasteiger charge is 2.18. The molecule has 0 aromatic heterocycles. The van der Waals surface area contributed by atoms with Crippen molar-refractivity contribution in [3.05, 3.63) is 52.0 Å². The van der Waals surface area contributed by atoms with Crippen molar-refractivity contribution < 1.29 is 8.42 Å². The Labute approximate surface area is 127 Å². The third kappa shape index (κ3) is 3.00. The Balaban J connectivity index is 2.44. The highest BCUT2D eigenvalue weighted by atomic mass is 35.5. The summed E-state index contributed by atoms with van der Waals surface area (Å²) in [5, 5.41) is 0.437. The van der Waals surface area contributed by atoms with E-state index < -0.39 is 10.0 Å². The molecular weight excluding hydrogens is 319 g/mol. The lowest BCUT2D eigenvalue weighted by Crippen LogP contribution is -2.14. The smallest absolute Gasteiger partial charge is 0.263 e. The zero-order valence-electron chi connectivity index (χ0n) is 10.5. The predicted molar refractivity (Wildman–Crippen MR) is 82.9 cm³/mol. The lowest BCUT2D eigenvalue weighted by molar-refractivity contribution is 0.601. The molecule has 0 radical (unpaired) electrons. The second-order valence-corrected chi connectivity index (χ2v) is 6.69. The molecule has 0 spiro atoms. The van der Waals surface area contributed by atoms with Gasteiger partial charge in [0.2, 0.25) is 0 Å². The van der Waals surface area contributed by atoms with E-state index >= 15 is 0 Å². The average molecular weight is 331 g/mol. The molecule has 0 aliphatic rings. The molecule has 0 heterocycles. The Morgan fingerprint density at radius 3 is 2.40 bits per heavy atom. The fraction of sp³-hybridized carbons (Fsp3) is 0.0769. The minimum Gasteiger partial charge on any atom is -0.398 e. The molecule has 2 aromatic carbocycles. The van der Waals surface area contributed by atoms with Crippen LogP contribution in [0.25, 0.3) is 0 Å². The van der Waals surface area contributed by atoms with E-state index in [0.29, 0.717) is 16.9 Å². The summed E-state index contributed by atoms with van der Waals surface area (Å²) in [5.74, 6) is 0. The van der Waals surface area contributed by atoms with Gasteiger partial charge in [-0.3, -0.25) is 4.72 Å². The Morgan fingerprint density at radius 2 is 1.75 bits per heavy atom. The van der Waals surface area contributed by atoms with E-state index in [1.165, 1.54) is 18.2 Å². The first-order valence-corrected chi connectivity index (χ1v) is 7.88. The van der Waals surface area contributed by atoms with Gasteiger partial charge in [0, 0.05) is 0 Å². The van der Waals surface area contributed by atoms with Crippen LogP contribution in [0.3, 0.4) is 0 Å². The Kier molecular flexibility index (Phi) is 4.13. The molecule has 0 amide bonds. The van der Waals surface area contributed by atoms with Gasteiger partial charge in [0.05, 0.1) is 21.4 Å². The van der Waals surface area contributed by atoms with Crippen LogP contribution in [0.15, 0.2) is 41.3 Å². The average Bonchev–Trinajstić information content (AvgIpc) is 2.36.